The molecule has 3 aromatic rings. The highest BCUT2D eigenvalue weighted by Gasteiger charge is 2.37. The molecule has 1 aromatic heterocycles. The Balaban J connectivity index is 1.23. The van der Waals surface area contributed by atoms with Gasteiger partial charge >= 0.3 is 6.03 Å². The Labute approximate surface area is 173 Å². The first kappa shape index (κ1) is 19.6. The van der Waals surface area contributed by atoms with E-state index >= 15 is 0 Å². The van der Waals surface area contributed by atoms with E-state index in [1.54, 1.807) is 6.33 Å². The number of rotatable bonds is 8. The Morgan fingerprint density at radius 1 is 1.07 bits per heavy atom. The summed E-state index contributed by atoms with van der Waals surface area (Å²) >= 11 is 0. The molecule has 0 saturated carbocycles. The number of aromatic nitrogens is 2. The molecule has 1 aliphatic heterocycles. The number of carbonyl (C=O) groups excluding carboxylic acids is 3. The van der Waals surface area contributed by atoms with E-state index in [2.05, 4.69) is 15.6 Å². The minimum absolute atomic E-state index is 0.150. The summed E-state index contributed by atoms with van der Waals surface area (Å²) < 4.78 is 1.98. The van der Waals surface area contributed by atoms with Crippen molar-refractivity contribution in [3.05, 3.63) is 66.5 Å². The van der Waals surface area contributed by atoms with Crippen LogP contribution in [0.1, 0.15) is 18.4 Å². The zero-order valence-corrected chi connectivity index (χ0v) is 16.5. The van der Waals surface area contributed by atoms with Gasteiger partial charge in [0.05, 0.1) is 23.9 Å². The van der Waals surface area contributed by atoms with Gasteiger partial charge in [0, 0.05) is 19.5 Å². The minimum atomic E-state index is -0.662. The highest BCUT2D eigenvalue weighted by atomic mass is 16.2. The summed E-state index contributed by atoms with van der Waals surface area (Å²) in [5, 5.41) is 5.53. The van der Waals surface area contributed by atoms with Crippen molar-refractivity contribution in [3.8, 4) is 0 Å². The predicted molar refractivity (Wildman–Crippen MR) is 111 cm³/mol. The summed E-state index contributed by atoms with van der Waals surface area (Å²) in [6.07, 6.45) is 2.20. The molecular formula is C22H23N5O3. The molecule has 0 spiro atoms. The van der Waals surface area contributed by atoms with Crippen LogP contribution in [0.2, 0.25) is 0 Å². The van der Waals surface area contributed by atoms with E-state index in [-0.39, 0.29) is 31.2 Å². The van der Waals surface area contributed by atoms with Crippen LogP contribution >= 0.6 is 0 Å². The first-order chi connectivity index (χ1) is 14.6. The van der Waals surface area contributed by atoms with Gasteiger partial charge in [-0.1, -0.05) is 42.5 Å². The second-order valence-corrected chi connectivity index (χ2v) is 7.23. The van der Waals surface area contributed by atoms with Crippen LogP contribution in [-0.4, -0.2) is 44.9 Å². The van der Waals surface area contributed by atoms with Crippen molar-refractivity contribution >= 4 is 28.9 Å². The average Bonchev–Trinajstić information content (AvgIpc) is 3.29. The molecule has 8 heteroatoms. The standard InChI is InChI=1S/C22H23N5O3/c28-20(23-12-13-26-15-24-17-8-4-5-9-19(17)26)11-10-18-21(29)27(22(30)25-18)14-16-6-2-1-3-7-16/h1-9,15,18H,10-14H2,(H,23,28)(H,25,30). The van der Waals surface area contributed by atoms with Crippen molar-refractivity contribution in [1.82, 2.24) is 25.1 Å². The third kappa shape index (κ3) is 4.32. The fourth-order valence-electron chi connectivity index (χ4n) is 3.56. The highest BCUT2D eigenvalue weighted by Crippen LogP contribution is 2.15. The van der Waals surface area contributed by atoms with Gasteiger partial charge in [-0.3, -0.25) is 14.5 Å². The normalized spacial score (nSPS) is 16.1. The van der Waals surface area contributed by atoms with E-state index < -0.39 is 12.1 Å². The highest BCUT2D eigenvalue weighted by molar-refractivity contribution is 6.04. The third-order valence-electron chi connectivity index (χ3n) is 5.15. The van der Waals surface area contributed by atoms with E-state index in [1.807, 2.05) is 59.2 Å². The lowest BCUT2D eigenvalue weighted by Crippen LogP contribution is -2.33. The number of hydrogen-bond acceptors (Lipinski definition) is 4. The lowest BCUT2D eigenvalue weighted by atomic mass is 10.1. The lowest BCUT2D eigenvalue weighted by molar-refractivity contribution is -0.128. The van der Waals surface area contributed by atoms with Gasteiger partial charge < -0.3 is 15.2 Å². The number of para-hydroxylation sites is 2. The molecule has 2 heterocycles. The van der Waals surface area contributed by atoms with Crippen LogP contribution in [0.15, 0.2) is 60.9 Å². The number of imide groups is 1. The second kappa shape index (κ2) is 8.77. The molecule has 0 bridgehead atoms. The molecule has 4 rings (SSSR count). The van der Waals surface area contributed by atoms with E-state index in [1.165, 1.54) is 4.90 Å². The third-order valence-corrected chi connectivity index (χ3v) is 5.15. The molecule has 2 aromatic carbocycles. The summed E-state index contributed by atoms with van der Waals surface area (Å²) in [7, 11) is 0. The summed E-state index contributed by atoms with van der Waals surface area (Å²) in [4.78, 5) is 42.4. The van der Waals surface area contributed by atoms with Gasteiger partial charge in [0.25, 0.3) is 5.91 Å². The van der Waals surface area contributed by atoms with Crippen LogP contribution in [0, 0.1) is 0 Å². The number of nitrogens with zero attached hydrogens (tertiary/aromatic N) is 3. The largest absolute Gasteiger partial charge is 0.354 e. The van der Waals surface area contributed by atoms with Crippen LogP contribution in [0.25, 0.3) is 11.0 Å². The Kier molecular flexibility index (Phi) is 5.74. The lowest BCUT2D eigenvalue weighted by Gasteiger charge is -2.13. The predicted octanol–water partition coefficient (Wildman–Crippen LogP) is 2.05. The van der Waals surface area contributed by atoms with Gasteiger partial charge in [-0.25, -0.2) is 9.78 Å². The molecule has 0 radical (unpaired) electrons. The van der Waals surface area contributed by atoms with Crippen molar-refractivity contribution in [1.29, 1.82) is 0 Å². The average molecular weight is 405 g/mol. The number of nitrogens with one attached hydrogen (secondary N) is 2. The Morgan fingerprint density at radius 3 is 2.67 bits per heavy atom. The fourth-order valence-corrected chi connectivity index (χ4v) is 3.56. The molecule has 30 heavy (non-hydrogen) atoms. The summed E-state index contributed by atoms with van der Waals surface area (Å²) in [6, 6.07) is 16.1. The monoisotopic (exact) mass is 405 g/mol. The number of fused-ring (bicyclic) bond motifs is 1. The van der Waals surface area contributed by atoms with Gasteiger partial charge in [-0.15, -0.1) is 0 Å². The number of hydrogen-bond donors (Lipinski definition) is 2. The van der Waals surface area contributed by atoms with Crippen molar-refractivity contribution < 1.29 is 14.4 Å². The maximum Gasteiger partial charge on any atom is 0.325 e. The SMILES string of the molecule is O=C(CCC1NC(=O)N(Cc2ccccc2)C1=O)NCCn1cnc2ccccc21. The topological polar surface area (TPSA) is 96.3 Å². The van der Waals surface area contributed by atoms with Crippen LogP contribution in [0.3, 0.4) is 0 Å². The first-order valence-electron chi connectivity index (χ1n) is 9.94. The van der Waals surface area contributed by atoms with Crippen LogP contribution in [0.5, 0.6) is 0 Å². The van der Waals surface area contributed by atoms with Gasteiger partial charge in [-0.2, -0.15) is 0 Å². The maximum absolute atomic E-state index is 12.5. The van der Waals surface area contributed by atoms with Crippen molar-refractivity contribution in [3.63, 3.8) is 0 Å². The minimum Gasteiger partial charge on any atom is -0.354 e. The molecule has 1 atom stereocenters. The van der Waals surface area contributed by atoms with Crippen LogP contribution in [-0.2, 0) is 22.7 Å². The van der Waals surface area contributed by atoms with E-state index in [4.69, 9.17) is 0 Å². The van der Waals surface area contributed by atoms with Crippen LogP contribution < -0.4 is 10.6 Å². The number of urea groups is 1. The number of benzene rings is 2. The molecular weight excluding hydrogens is 382 g/mol. The molecule has 1 aliphatic rings. The zero-order valence-electron chi connectivity index (χ0n) is 16.5. The first-order valence-corrected chi connectivity index (χ1v) is 9.94. The van der Waals surface area contributed by atoms with E-state index in [0.717, 1.165) is 16.6 Å². The van der Waals surface area contributed by atoms with Gasteiger partial charge in [0.1, 0.15) is 6.04 Å². The Bertz CT molecular complexity index is 1060. The molecule has 2 N–H and O–H groups in total. The van der Waals surface area contributed by atoms with Gasteiger partial charge in [0.2, 0.25) is 5.91 Å². The smallest absolute Gasteiger partial charge is 0.325 e. The molecule has 1 saturated heterocycles. The number of carbonyl (C=O) groups is 3. The number of imidazole rings is 1. The Morgan fingerprint density at radius 2 is 1.83 bits per heavy atom. The molecule has 154 valence electrons. The summed E-state index contributed by atoms with van der Waals surface area (Å²) in [5.41, 5.74) is 2.82. The quantitative estimate of drug-likeness (QED) is 0.561. The zero-order chi connectivity index (χ0) is 20.9. The molecule has 0 aliphatic carbocycles. The van der Waals surface area contributed by atoms with Crippen molar-refractivity contribution in [2.24, 2.45) is 0 Å². The second-order valence-electron chi connectivity index (χ2n) is 7.23. The summed E-state index contributed by atoms with van der Waals surface area (Å²) in [6.45, 7) is 1.30. The molecule has 8 nitrogen and oxygen atoms in total. The van der Waals surface area contributed by atoms with Crippen LogP contribution in [0.4, 0.5) is 4.79 Å². The molecule has 1 unspecified atom stereocenters. The number of amides is 4. The molecule has 4 amide bonds. The fraction of sp³-hybridized carbons (Fsp3) is 0.273. The Hall–Kier alpha value is -3.68. The van der Waals surface area contributed by atoms with E-state index in [0.29, 0.717) is 13.1 Å². The van der Waals surface area contributed by atoms with Crippen molar-refractivity contribution in [2.75, 3.05) is 6.54 Å². The van der Waals surface area contributed by atoms with Gasteiger partial charge in [0.15, 0.2) is 0 Å². The van der Waals surface area contributed by atoms with Crippen molar-refractivity contribution in [2.45, 2.75) is 32.0 Å². The maximum atomic E-state index is 12.5. The van der Waals surface area contributed by atoms with Gasteiger partial charge in [-0.05, 0) is 24.1 Å². The molecule has 1 fully saturated rings. The summed E-state index contributed by atoms with van der Waals surface area (Å²) in [5.74, 6) is -0.440. The van der Waals surface area contributed by atoms with E-state index in [9.17, 15) is 14.4 Å².